The summed E-state index contributed by atoms with van der Waals surface area (Å²) in [5, 5.41) is 2.12. The number of para-hydroxylation sites is 2. The number of rotatable bonds is 8. The van der Waals surface area contributed by atoms with Crippen molar-refractivity contribution in [3.8, 4) is 28.4 Å². The quantitative estimate of drug-likeness (QED) is 0.142. The number of aromatic nitrogens is 2. The standard InChI is InChI=1S/C52H45F2N4O.Pt/c1-32(2)39-15-12-16-40(33(3)4)50(39)34-26-36(56-31-57(51-43(53)17-13-18-44(51)54)48-28-35(52(5,6)7)21-24-46(48)56)29-38(27-34)59-37-22-23-42-41-14-8-9-19-45(41)58(47(42)30-37)49-20-10-11-25-55-49;/h8-28,31-33H,1-7H3;/q-3;. The molecule has 0 atom stereocenters. The summed E-state index contributed by atoms with van der Waals surface area (Å²) in [5.74, 6) is 0.922. The van der Waals surface area contributed by atoms with Gasteiger partial charge in [-0.2, -0.15) is 6.07 Å². The van der Waals surface area contributed by atoms with Gasteiger partial charge in [0.1, 0.15) is 17.5 Å². The van der Waals surface area contributed by atoms with Crippen LogP contribution in [0.25, 0.3) is 38.8 Å². The Bertz CT molecular complexity index is 2830. The fourth-order valence-electron chi connectivity index (χ4n) is 8.23. The van der Waals surface area contributed by atoms with Gasteiger partial charge in [-0.15, -0.1) is 53.6 Å². The molecule has 2 aromatic heterocycles. The Morgan fingerprint density at radius 1 is 0.667 bits per heavy atom. The Labute approximate surface area is 365 Å². The molecule has 6 aromatic carbocycles. The van der Waals surface area contributed by atoms with E-state index in [1.54, 1.807) is 17.8 Å². The summed E-state index contributed by atoms with van der Waals surface area (Å²) in [7, 11) is 0. The number of fused-ring (bicyclic) bond motifs is 4. The minimum atomic E-state index is -0.654. The molecular weight excluding hydrogens is 930 g/mol. The molecule has 8 heteroatoms. The van der Waals surface area contributed by atoms with E-state index >= 15 is 8.78 Å². The summed E-state index contributed by atoms with van der Waals surface area (Å²) in [4.78, 5) is 8.25. The second-order valence-electron chi connectivity index (χ2n) is 16.8. The number of hydrogen-bond acceptors (Lipinski definition) is 4. The first kappa shape index (κ1) is 41.0. The fourth-order valence-corrected chi connectivity index (χ4v) is 8.23. The second-order valence-corrected chi connectivity index (χ2v) is 16.8. The third-order valence-corrected chi connectivity index (χ3v) is 11.2. The average molecular weight is 975 g/mol. The van der Waals surface area contributed by atoms with Crippen LogP contribution in [0.3, 0.4) is 0 Å². The number of ether oxygens (including phenoxy) is 1. The van der Waals surface area contributed by atoms with Gasteiger partial charge in [-0.05, 0) is 87.4 Å². The monoisotopic (exact) mass is 974 g/mol. The second kappa shape index (κ2) is 16.0. The normalized spacial score (nSPS) is 12.8. The Kier molecular flexibility index (Phi) is 10.9. The number of hydrogen-bond donors (Lipinski definition) is 0. The van der Waals surface area contributed by atoms with Gasteiger partial charge in [-0.25, -0.2) is 13.8 Å². The number of halogens is 2. The fraction of sp³-hybridized carbons (Fsp3) is 0.192. The summed E-state index contributed by atoms with van der Waals surface area (Å²) < 4.78 is 40.2. The van der Waals surface area contributed by atoms with Crippen LogP contribution in [0.4, 0.5) is 31.5 Å². The number of nitrogens with zero attached hydrogens (tertiary/aromatic N) is 4. The topological polar surface area (TPSA) is 33.5 Å². The molecule has 0 unspecified atom stereocenters. The van der Waals surface area contributed by atoms with Crippen LogP contribution in [0, 0.1) is 30.4 Å². The third kappa shape index (κ3) is 7.28. The largest absolute Gasteiger partial charge is 0.509 e. The van der Waals surface area contributed by atoms with Crippen LogP contribution in [0.2, 0.25) is 0 Å². The van der Waals surface area contributed by atoms with Crippen molar-refractivity contribution in [1.29, 1.82) is 0 Å². The number of pyridine rings is 1. The first-order valence-corrected chi connectivity index (χ1v) is 20.1. The van der Waals surface area contributed by atoms with Crippen LogP contribution in [-0.2, 0) is 26.5 Å². The molecular formula is C52H45F2N4OPt-3. The zero-order valence-electron chi connectivity index (χ0n) is 34.6. The summed E-state index contributed by atoms with van der Waals surface area (Å²) in [5.41, 5.74) is 9.12. The average Bonchev–Trinajstić information content (AvgIpc) is 3.76. The molecule has 8 aromatic rings. The van der Waals surface area contributed by atoms with Gasteiger partial charge < -0.3 is 19.1 Å². The van der Waals surface area contributed by atoms with Crippen LogP contribution < -0.4 is 14.5 Å². The van der Waals surface area contributed by atoms with E-state index in [0.717, 1.165) is 50.0 Å². The minimum absolute atomic E-state index is 0. The molecule has 0 saturated heterocycles. The van der Waals surface area contributed by atoms with Crippen molar-refractivity contribution in [2.24, 2.45) is 0 Å². The van der Waals surface area contributed by atoms with Crippen LogP contribution >= 0.6 is 0 Å². The van der Waals surface area contributed by atoms with E-state index in [0.29, 0.717) is 22.9 Å². The Morgan fingerprint density at radius 3 is 2.05 bits per heavy atom. The molecule has 0 aliphatic carbocycles. The molecule has 0 spiro atoms. The van der Waals surface area contributed by atoms with Crippen LogP contribution in [0.1, 0.15) is 77.0 Å². The Morgan fingerprint density at radius 2 is 1.37 bits per heavy atom. The summed E-state index contributed by atoms with van der Waals surface area (Å²) in [6, 6.07) is 46.0. The third-order valence-electron chi connectivity index (χ3n) is 11.2. The van der Waals surface area contributed by atoms with Gasteiger partial charge in [-0.3, -0.25) is 0 Å². The molecule has 0 N–H and O–H groups in total. The van der Waals surface area contributed by atoms with E-state index in [9.17, 15) is 0 Å². The smallest absolute Gasteiger partial charge is 0.147 e. The summed E-state index contributed by atoms with van der Waals surface area (Å²) >= 11 is 0. The van der Waals surface area contributed by atoms with E-state index in [-0.39, 0.29) is 44.0 Å². The van der Waals surface area contributed by atoms with Crippen LogP contribution in [-0.4, -0.2) is 9.55 Å². The Balaban J connectivity index is 0.00000499. The molecule has 1 aliphatic heterocycles. The van der Waals surface area contributed by atoms with Crippen molar-refractivity contribution < 1.29 is 34.6 Å². The van der Waals surface area contributed by atoms with Crippen molar-refractivity contribution >= 4 is 44.6 Å². The van der Waals surface area contributed by atoms with E-state index in [2.05, 4.69) is 114 Å². The van der Waals surface area contributed by atoms with Crippen LogP contribution in [0.15, 0.2) is 128 Å². The number of benzene rings is 6. The van der Waals surface area contributed by atoms with Gasteiger partial charge in [0.05, 0.1) is 5.69 Å². The first-order valence-electron chi connectivity index (χ1n) is 20.1. The van der Waals surface area contributed by atoms with Crippen molar-refractivity contribution in [2.75, 3.05) is 9.80 Å². The molecule has 60 heavy (non-hydrogen) atoms. The van der Waals surface area contributed by atoms with E-state index < -0.39 is 11.6 Å². The van der Waals surface area contributed by atoms with Crippen molar-refractivity contribution in [1.82, 2.24) is 9.55 Å². The maximum atomic E-state index is 15.7. The maximum absolute atomic E-state index is 15.7. The van der Waals surface area contributed by atoms with Gasteiger partial charge in [0.15, 0.2) is 0 Å². The molecule has 0 bridgehead atoms. The van der Waals surface area contributed by atoms with Gasteiger partial charge >= 0.3 is 0 Å². The van der Waals surface area contributed by atoms with Gasteiger partial charge in [0.25, 0.3) is 0 Å². The van der Waals surface area contributed by atoms with Gasteiger partial charge in [0.2, 0.25) is 0 Å². The molecule has 3 heterocycles. The first-order chi connectivity index (χ1) is 28.4. The Hall–Kier alpha value is -5.78. The minimum Gasteiger partial charge on any atom is -0.509 e. The maximum Gasteiger partial charge on any atom is 0.147 e. The predicted octanol–water partition coefficient (Wildman–Crippen LogP) is 14.5. The number of anilines is 4. The molecule has 1 aliphatic rings. The zero-order chi connectivity index (χ0) is 41.2. The zero-order valence-corrected chi connectivity index (χ0v) is 36.9. The summed E-state index contributed by atoms with van der Waals surface area (Å²) in [6.07, 6.45) is 1.79. The van der Waals surface area contributed by atoms with Crippen molar-refractivity contribution in [3.63, 3.8) is 0 Å². The molecule has 0 fully saturated rings. The predicted molar refractivity (Wildman–Crippen MR) is 236 cm³/mol. The molecule has 0 amide bonds. The molecule has 5 nitrogen and oxygen atoms in total. The summed E-state index contributed by atoms with van der Waals surface area (Å²) in [6.45, 7) is 17.0. The van der Waals surface area contributed by atoms with E-state index in [1.807, 2.05) is 59.5 Å². The van der Waals surface area contributed by atoms with Gasteiger partial charge in [-0.1, -0.05) is 109 Å². The van der Waals surface area contributed by atoms with Crippen LogP contribution in [0.5, 0.6) is 11.5 Å². The molecule has 0 radical (unpaired) electrons. The van der Waals surface area contributed by atoms with E-state index in [1.165, 1.54) is 29.3 Å². The van der Waals surface area contributed by atoms with Crippen molar-refractivity contribution in [3.05, 3.63) is 175 Å². The van der Waals surface area contributed by atoms with Crippen molar-refractivity contribution in [2.45, 2.75) is 65.7 Å². The van der Waals surface area contributed by atoms with Gasteiger partial charge in [0, 0.05) is 55.7 Å². The van der Waals surface area contributed by atoms with E-state index in [4.69, 9.17) is 9.72 Å². The SMILES string of the molecule is CC(C)c1cccc(C(C)C)c1-c1cc(Oc2[c-]c3c(cc2)c2ccccc2n3-c2ccccn2)[c-]c(N2[CH-]N(c3c(F)cccc3F)c3cc(C(C)(C)C)ccc32)c1.[Pt]. The molecule has 9 rings (SSSR count). The molecule has 306 valence electrons. The molecule has 0 saturated carbocycles.